The molecule has 3 amide bonds. The summed E-state index contributed by atoms with van der Waals surface area (Å²) in [5, 5.41) is 6.47. The molecule has 9 nitrogen and oxygen atoms in total. The van der Waals surface area contributed by atoms with E-state index in [0.717, 1.165) is 36.8 Å². The van der Waals surface area contributed by atoms with Gasteiger partial charge in [-0.1, -0.05) is 0 Å². The van der Waals surface area contributed by atoms with Crippen molar-refractivity contribution in [3.8, 4) is 11.5 Å². The van der Waals surface area contributed by atoms with Crippen LogP contribution in [0.5, 0.6) is 11.5 Å². The van der Waals surface area contributed by atoms with Crippen molar-refractivity contribution in [2.45, 2.75) is 31.7 Å². The van der Waals surface area contributed by atoms with Crippen molar-refractivity contribution in [2.75, 3.05) is 38.5 Å². The van der Waals surface area contributed by atoms with E-state index in [1.807, 2.05) is 29.2 Å². The number of likely N-dealkylation sites (tertiary alicyclic amines) is 2. The highest BCUT2D eigenvalue weighted by Crippen LogP contribution is 2.28. The Balaban J connectivity index is 1.22. The third-order valence-corrected chi connectivity index (χ3v) is 6.71. The zero-order chi connectivity index (χ0) is 23.5. The fourth-order valence-corrected chi connectivity index (χ4v) is 4.88. The van der Waals surface area contributed by atoms with Gasteiger partial charge in [0.15, 0.2) is 0 Å². The molecular weight excluding hydrogens is 432 g/mol. The summed E-state index contributed by atoms with van der Waals surface area (Å²) in [6.45, 7) is 3.90. The molecule has 0 atom stereocenters. The summed E-state index contributed by atoms with van der Waals surface area (Å²) in [4.78, 5) is 33.6. The van der Waals surface area contributed by atoms with E-state index in [9.17, 15) is 9.59 Å². The van der Waals surface area contributed by atoms with E-state index < -0.39 is 0 Å². The molecule has 2 aromatic heterocycles. The van der Waals surface area contributed by atoms with E-state index in [0.29, 0.717) is 23.4 Å². The summed E-state index contributed by atoms with van der Waals surface area (Å²) in [7, 11) is 1.59. The van der Waals surface area contributed by atoms with Gasteiger partial charge in [0.25, 0.3) is 0 Å². The average Bonchev–Trinajstić information content (AvgIpc) is 3.54. The Morgan fingerprint density at radius 3 is 2.50 bits per heavy atom. The number of hydrogen-bond acceptors (Lipinski definition) is 5. The van der Waals surface area contributed by atoms with Gasteiger partial charge in [0.1, 0.15) is 17.3 Å². The first kappa shape index (κ1) is 22.2. The molecule has 0 aliphatic carbocycles. The molecule has 0 saturated carbocycles. The Labute approximate surface area is 198 Å². The van der Waals surface area contributed by atoms with Crippen LogP contribution < -0.4 is 15.4 Å². The van der Waals surface area contributed by atoms with Gasteiger partial charge in [-0.25, -0.2) is 14.6 Å². The number of nitrogens with zero attached hydrogens (tertiary/aromatic N) is 4. The third kappa shape index (κ3) is 4.70. The first-order valence-electron chi connectivity index (χ1n) is 11.9. The van der Waals surface area contributed by atoms with Crippen LogP contribution in [-0.2, 0) is 0 Å². The van der Waals surface area contributed by atoms with Crippen molar-refractivity contribution in [3.63, 3.8) is 0 Å². The molecule has 2 fully saturated rings. The molecule has 5 rings (SSSR count). The van der Waals surface area contributed by atoms with Crippen LogP contribution in [0.15, 0.2) is 48.8 Å². The van der Waals surface area contributed by atoms with Crippen LogP contribution in [0, 0.1) is 0 Å². The molecule has 3 aromatic rings. The molecule has 2 aliphatic heterocycles. The van der Waals surface area contributed by atoms with Gasteiger partial charge in [0.05, 0.1) is 5.52 Å². The lowest BCUT2D eigenvalue weighted by Gasteiger charge is -2.36. The molecule has 2 saturated heterocycles. The van der Waals surface area contributed by atoms with Gasteiger partial charge in [-0.3, -0.25) is 9.88 Å². The van der Waals surface area contributed by atoms with Crippen molar-refractivity contribution < 1.29 is 14.3 Å². The Bertz CT molecular complexity index is 1180. The number of rotatable bonds is 4. The van der Waals surface area contributed by atoms with Gasteiger partial charge in [-0.2, -0.15) is 0 Å². The van der Waals surface area contributed by atoms with E-state index in [-0.39, 0.29) is 12.1 Å². The molecule has 0 spiro atoms. The fraction of sp³-hybridized carbons (Fsp3) is 0.400. The second-order valence-corrected chi connectivity index (χ2v) is 8.83. The van der Waals surface area contributed by atoms with Crippen LogP contribution in [0.2, 0.25) is 0 Å². The molecule has 2 N–H and O–H groups in total. The molecule has 0 bridgehead atoms. The maximum atomic E-state index is 12.8. The predicted molar refractivity (Wildman–Crippen MR) is 131 cm³/mol. The minimum Gasteiger partial charge on any atom is -0.457 e. The second-order valence-electron chi connectivity index (χ2n) is 8.83. The number of aromatic nitrogens is 2. The standard InChI is InChI=1S/C25H30N6O3/c1-26-24(32)31-15-7-18-4-5-20(16-22(18)31)34-21-6-10-27-23(17-21)28-25(33)30-13-8-19(9-14-30)29-11-2-3-12-29/h4-7,10,15-17,19H,2-3,8-9,11-14H2,1H3,(H,26,32)(H,27,28,33). The Kier molecular flexibility index (Phi) is 6.35. The molecule has 2 aliphatic rings. The largest absolute Gasteiger partial charge is 0.457 e. The van der Waals surface area contributed by atoms with Crippen LogP contribution in [0.3, 0.4) is 0 Å². The van der Waals surface area contributed by atoms with Crippen molar-refractivity contribution in [1.82, 2.24) is 24.7 Å². The summed E-state index contributed by atoms with van der Waals surface area (Å²) in [6.07, 6.45) is 7.95. The van der Waals surface area contributed by atoms with Gasteiger partial charge in [-0.15, -0.1) is 0 Å². The van der Waals surface area contributed by atoms with E-state index in [1.54, 1.807) is 31.6 Å². The lowest BCUT2D eigenvalue weighted by molar-refractivity contribution is 0.140. The van der Waals surface area contributed by atoms with Crippen LogP contribution in [0.1, 0.15) is 25.7 Å². The van der Waals surface area contributed by atoms with E-state index in [4.69, 9.17) is 4.74 Å². The SMILES string of the molecule is CNC(=O)n1ccc2ccc(Oc3ccnc(NC(=O)N4CCC(N5CCCC5)CC4)c3)cc21. The number of amides is 3. The number of fused-ring (bicyclic) bond motifs is 1. The molecule has 34 heavy (non-hydrogen) atoms. The molecule has 9 heteroatoms. The number of urea groups is 1. The second kappa shape index (κ2) is 9.72. The maximum absolute atomic E-state index is 12.8. The van der Waals surface area contributed by atoms with Crippen LogP contribution in [0.25, 0.3) is 10.9 Å². The number of ether oxygens (including phenoxy) is 1. The van der Waals surface area contributed by atoms with E-state index in [2.05, 4.69) is 20.5 Å². The number of pyridine rings is 1. The highest BCUT2D eigenvalue weighted by atomic mass is 16.5. The van der Waals surface area contributed by atoms with Crippen molar-refractivity contribution >= 4 is 28.8 Å². The van der Waals surface area contributed by atoms with Crippen LogP contribution in [-0.4, -0.2) is 70.7 Å². The quantitative estimate of drug-likeness (QED) is 0.609. The molecule has 1 aromatic carbocycles. The topological polar surface area (TPSA) is 91.7 Å². The van der Waals surface area contributed by atoms with E-state index >= 15 is 0 Å². The summed E-state index contributed by atoms with van der Waals surface area (Å²) < 4.78 is 7.54. The van der Waals surface area contributed by atoms with Gasteiger partial charge in [-0.05, 0) is 63.0 Å². The number of hydrogen-bond donors (Lipinski definition) is 2. The molecular formula is C25H30N6O3. The number of carbonyl (C=O) groups is 2. The van der Waals surface area contributed by atoms with Gasteiger partial charge in [0.2, 0.25) is 0 Å². The van der Waals surface area contributed by atoms with Gasteiger partial charge in [0, 0.05) is 56.1 Å². The van der Waals surface area contributed by atoms with Crippen LogP contribution in [0.4, 0.5) is 15.4 Å². The third-order valence-electron chi connectivity index (χ3n) is 6.71. The molecule has 0 unspecified atom stereocenters. The zero-order valence-electron chi connectivity index (χ0n) is 19.4. The Morgan fingerprint density at radius 1 is 0.971 bits per heavy atom. The number of anilines is 1. The molecule has 4 heterocycles. The number of piperidine rings is 1. The highest BCUT2D eigenvalue weighted by molar-refractivity contribution is 5.92. The van der Waals surface area contributed by atoms with Gasteiger partial charge < -0.3 is 19.9 Å². The van der Waals surface area contributed by atoms with Gasteiger partial charge >= 0.3 is 12.1 Å². The summed E-state index contributed by atoms with van der Waals surface area (Å²) in [5.74, 6) is 1.58. The lowest BCUT2D eigenvalue weighted by atomic mass is 10.0. The Hall–Kier alpha value is -3.59. The number of carbonyl (C=O) groups excluding carboxylic acids is 2. The highest BCUT2D eigenvalue weighted by Gasteiger charge is 2.28. The monoisotopic (exact) mass is 462 g/mol. The first-order chi connectivity index (χ1) is 16.6. The van der Waals surface area contributed by atoms with Crippen molar-refractivity contribution in [2.24, 2.45) is 0 Å². The predicted octanol–water partition coefficient (Wildman–Crippen LogP) is 4.11. The van der Waals surface area contributed by atoms with E-state index in [1.165, 1.54) is 30.5 Å². The van der Waals surface area contributed by atoms with Crippen molar-refractivity contribution in [3.05, 3.63) is 48.8 Å². The summed E-state index contributed by atoms with van der Waals surface area (Å²) >= 11 is 0. The zero-order valence-corrected chi connectivity index (χ0v) is 19.4. The first-order valence-corrected chi connectivity index (χ1v) is 11.9. The lowest BCUT2D eigenvalue weighted by Crippen LogP contribution is -2.47. The minimum atomic E-state index is -0.217. The fourth-order valence-electron chi connectivity index (χ4n) is 4.88. The smallest absolute Gasteiger partial charge is 0.325 e. The number of nitrogens with one attached hydrogen (secondary N) is 2. The van der Waals surface area contributed by atoms with Crippen LogP contribution >= 0.6 is 0 Å². The number of benzene rings is 1. The van der Waals surface area contributed by atoms with Crippen molar-refractivity contribution in [1.29, 1.82) is 0 Å². The Morgan fingerprint density at radius 2 is 1.74 bits per heavy atom. The molecule has 178 valence electrons. The molecule has 0 radical (unpaired) electrons. The summed E-state index contributed by atoms with van der Waals surface area (Å²) in [5.41, 5.74) is 0.747. The minimum absolute atomic E-state index is 0.130. The summed E-state index contributed by atoms with van der Waals surface area (Å²) in [6, 6.07) is 11.1. The average molecular weight is 463 g/mol. The maximum Gasteiger partial charge on any atom is 0.325 e. The normalized spacial score (nSPS) is 17.1.